The molecule has 2 aromatic heterocycles. The summed E-state index contributed by atoms with van der Waals surface area (Å²) in [4.78, 5) is 32.1. The van der Waals surface area contributed by atoms with Gasteiger partial charge in [-0.15, -0.1) is 5.10 Å². The highest BCUT2D eigenvalue weighted by atomic mass is 35.5. The van der Waals surface area contributed by atoms with Crippen LogP contribution in [0.3, 0.4) is 0 Å². The fourth-order valence-corrected chi connectivity index (χ4v) is 5.13. The number of aromatic amines is 1. The smallest absolute Gasteiger partial charge is 0.247 e. The van der Waals surface area contributed by atoms with Gasteiger partial charge in [0.25, 0.3) is 0 Å². The molecule has 2 aromatic carbocycles. The predicted molar refractivity (Wildman–Crippen MR) is 131 cm³/mol. The Balaban J connectivity index is 1.23. The third kappa shape index (κ3) is 4.14. The van der Waals surface area contributed by atoms with Gasteiger partial charge in [0.05, 0.1) is 10.7 Å². The largest absolute Gasteiger partial charge is 0.324 e. The molecule has 2 N–H and O–H groups in total. The van der Waals surface area contributed by atoms with Crippen molar-refractivity contribution in [2.45, 2.75) is 31.3 Å². The van der Waals surface area contributed by atoms with Crippen LogP contribution in [0.15, 0.2) is 55.1 Å². The number of aromatic nitrogens is 7. The molecule has 11 nitrogen and oxygen atoms in total. The lowest BCUT2D eigenvalue weighted by molar-refractivity contribution is -0.135. The molecule has 4 aromatic rings. The summed E-state index contributed by atoms with van der Waals surface area (Å²) < 4.78 is 16.5. The van der Waals surface area contributed by atoms with Crippen LogP contribution in [0.1, 0.15) is 24.8 Å². The van der Waals surface area contributed by atoms with Crippen LogP contribution in [0.5, 0.6) is 0 Å². The minimum Gasteiger partial charge on any atom is -0.324 e. The van der Waals surface area contributed by atoms with Crippen LogP contribution in [-0.2, 0) is 9.59 Å². The third-order valence-electron chi connectivity index (χ3n) is 6.64. The Morgan fingerprint density at radius 3 is 2.73 bits per heavy atom. The van der Waals surface area contributed by atoms with Gasteiger partial charge in [-0.2, -0.15) is 9.78 Å². The van der Waals surface area contributed by atoms with Gasteiger partial charge in [0.2, 0.25) is 11.8 Å². The second kappa shape index (κ2) is 9.21. The molecule has 6 rings (SSSR count). The molecule has 0 spiro atoms. The van der Waals surface area contributed by atoms with Crippen molar-refractivity contribution in [3.05, 3.63) is 71.5 Å². The molecule has 0 radical (unpaired) electrons. The molecule has 0 bridgehead atoms. The molecule has 2 aliphatic rings. The minimum absolute atomic E-state index is 0.0689. The topological polar surface area (TPSA) is 135 Å². The summed E-state index contributed by atoms with van der Waals surface area (Å²) in [6, 6.07) is 9.30. The second-order valence-electron chi connectivity index (χ2n) is 8.78. The van der Waals surface area contributed by atoms with Crippen molar-refractivity contribution in [2.24, 2.45) is 0 Å². The first-order chi connectivity index (χ1) is 18.0. The number of carbonyl (C=O) groups is 2. The number of fused-ring (bicyclic) bond motifs is 1. The Hall–Kier alpha value is -4.45. The van der Waals surface area contributed by atoms with Gasteiger partial charge in [-0.3, -0.25) is 14.7 Å². The normalized spacial score (nSPS) is 19.0. The fourth-order valence-electron chi connectivity index (χ4n) is 4.97. The molecule has 37 heavy (non-hydrogen) atoms. The number of halogens is 2. The number of amides is 2. The molecule has 2 amide bonds. The van der Waals surface area contributed by atoms with Crippen LogP contribution >= 0.6 is 11.6 Å². The lowest BCUT2D eigenvalue weighted by atomic mass is 9.92. The Morgan fingerprint density at radius 2 is 2.00 bits per heavy atom. The molecular weight excluding hydrogens is 501 g/mol. The van der Waals surface area contributed by atoms with E-state index < -0.39 is 11.9 Å². The molecule has 1 saturated heterocycles. The first kappa shape index (κ1) is 23.0. The van der Waals surface area contributed by atoms with Gasteiger partial charge in [0, 0.05) is 28.9 Å². The molecule has 186 valence electrons. The molecule has 0 saturated carbocycles. The van der Waals surface area contributed by atoms with E-state index in [1.807, 2.05) is 12.1 Å². The van der Waals surface area contributed by atoms with Gasteiger partial charge in [0.1, 0.15) is 18.7 Å². The molecular formula is C24H19ClFN9O2. The highest BCUT2D eigenvalue weighted by molar-refractivity contribution is 6.31. The number of nitrogens with zero attached hydrogens (tertiary/aromatic N) is 7. The minimum atomic E-state index is -0.650. The number of anilines is 1. The van der Waals surface area contributed by atoms with Crippen LogP contribution in [0.4, 0.5) is 10.1 Å². The maximum absolute atomic E-state index is 15.2. The van der Waals surface area contributed by atoms with Crippen molar-refractivity contribution in [3.63, 3.8) is 0 Å². The fraction of sp³-hybridized carbons (Fsp3) is 0.208. The second-order valence-corrected chi connectivity index (χ2v) is 9.18. The van der Waals surface area contributed by atoms with E-state index in [4.69, 9.17) is 11.6 Å². The van der Waals surface area contributed by atoms with Crippen LogP contribution in [0.2, 0.25) is 5.02 Å². The maximum Gasteiger partial charge on any atom is 0.247 e. The monoisotopic (exact) mass is 519 g/mol. The number of tetrazole rings is 1. The molecule has 4 heterocycles. The molecule has 1 unspecified atom stereocenters. The van der Waals surface area contributed by atoms with Crippen LogP contribution in [0.25, 0.3) is 22.6 Å². The van der Waals surface area contributed by atoms with E-state index in [1.54, 1.807) is 23.1 Å². The Bertz CT molecular complexity index is 1500. The zero-order chi connectivity index (χ0) is 25.5. The number of rotatable bonds is 5. The van der Waals surface area contributed by atoms with Crippen molar-refractivity contribution >= 4 is 34.7 Å². The molecule has 0 aliphatic carbocycles. The van der Waals surface area contributed by atoms with Gasteiger partial charge in [-0.1, -0.05) is 11.6 Å². The molecule has 13 heteroatoms. The SMILES string of the molecule is O=C(Nc1ccc(-c2ncn[nH]2)cc1)[C@@H]1CCC2CC(c3c(-n4cnnn4)ccc(Cl)c3F)=CC(=O)N21. The van der Waals surface area contributed by atoms with Crippen LogP contribution in [0, 0.1) is 5.82 Å². The van der Waals surface area contributed by atoms with E-state index in [0.29, 0.717) is 42.0 Å². The summed E-state index contributed by atoms with van der Waals surface area (Å²) in [5, 5.41) is 20.5. The van der Waals surface area contributed by atoms with E-state index >= 15 is 4.39 Å². The highest BCUT2D eigenvalue weighted by Crippen LogP contribution is 2.40. The van der Waals surface area contributed by atoms with Crippen molar-refractivity contribution in [1.29, 1.82) is 0 Å². The van der Waals surface area contributed by atoms with Gasteiger partial charge in [0.15, 0.2) is 11.6 Å². The predicted octanol–water partition coefficient (Wildman–Crippen LogP) is 3.03. The number of H-pyrrole nitrogens is 1. The maximum atomic E-state index is 15.2. The van der Waals surface area contributed by atoms with Crippen molar-refractivity contribution < 1.29 is 14.0 Å². The summed E-state index contributed by atoms with van der Waals surface area (Å²) >= 11 is 6.07. The van der Waals surface area contributed by atoms with Gasteiger partial charge >= 0.3 is 0 Å². The zero-order valence-corrected chi connectivity index (χ0v) is 19.9. The Morgan fingerprint density at radius 1 is 1.16 bits per heavy atom. The zero-order valence-electron chi connectivity index (χ0n) is 19.2. The van der Waals surface area contributed by atoms with E-state index in [0.717, 1.165) is 5.56 Å². The number of nitrogens with one attached hydrogen (secondary N) is 2. The molecule has 2 aliphatic heterocycles. The summed E-state index contributed by atoms with van der Waals surface area (Å²) in [6.07, 6.45) is 5.61. The first-order valence-corrected chi connectivity index (χ1v) is 11.9. The first-order valence-electron chi connectivity index (χ1n) is 11.5. The van der Waals surface area contributed by atoms with Crippen molar-refractivity contribution in [2.75, 3.05) is 5.32 Å². The van der Waals surface area contributed by atoms with Gasteiger partial charge in [-0.05, 0) is 71.7 Å². The summed E-state index contributed by atoms with van der Waals surface area (Å²) in [5.41, 5.74) is 2.47. The lowest BCUT2D eigenvalue weighted by Crippen LogP contribution is -2.48. The van der Waals surface area contributed by atoms with E-state index in [9.17, 15) is 9.59 Å². The average molecular weight is 520 g/mol. The van der Waals surface area contributed by atoms with Crippen LogP contribution in [-0.4, -0.2) is 64.2 Å². The van der Waals surface area contributed by atoms with Gasteiger partial charge < -0.3 is 10.2 Å². The summed E-state index contributed by atoms with van der Waals surface area (Å²) in [6.45, 7) is 0. The lowest BCUT2D eigenvalue weighted by Gasteiger charge is -2.33. The van der Waals surface area contributed by atoms with Crippen molar-refractivity contribution in [1.82, 2.24) is 40.3 Å². The van der Waals surface area contributed by atoms with E-state index in [2.05, 4.69) is 36.0 Å². The number of benzene rings is 2. The van der Waals surface area contributed by atoms with Crippen LogP contribution < -0.4 is 5.32 Å². The quantitative estimate of drug-likeness (QED) is 0.414. The van der Waals surface area contributed by atoms with E-state index in [1.165, 1.54) is 29.5 Å². The molecule has 2 atom stereocenters. The number of carbonyl (C=O) groups excluding carboxylic acids is 2. The van der Waals surface area contributed by atoms with E-state index in [-0.39, 0.29) is 28.4 Å². The Kier molecular flexibility index (Phi) is 5.72. The summed E-state index contributed by atoms with van der Waals surface area (Å²) in [7, 11) is 0. The number of hydrogen-bond acceptors (Lipinski definition) is 7. The van der Waals surface area contributed by atoms with Crippen molar-refractivity contribution in [3.8, 4) is 17.1 Å². The Labute approximate surface area is 214 Å². The summed E-state index contributed by atoms with van der Waals surface area (Å²) in [5.74, 6) is -0.657. The highest BCUT2D eigenvalue weighted by Gasteiger charge is 2.43. The number of hydrogen-bond donors (Lipinski definition) is 2. The standard InChI is InChI=1S/C24H19ClFN9O2/c25-17-6-8-18(34-12-29-32-33-34)21(22(17)26)14-9-16-5-7-19(35(16)20(36)10-14)24(37)30-15-3-1-13(2-4-15)23-27-11-28-31-23/h1-4,6,8,10-12,16,19H,5,7,9H2,(H,30,37)(H,27,28,31)/t16?,19-/m0/s1. The average Bonchev–Trinajstić information content (AvgIpc) is 3.68. The molecule has 1 fully saturated rings. The van der Waals surface area contributed by atoms with Gasteiger partial charge in [-0.25, -0.2) is 9.37 Å². The third-order valence-corrected chi connectivity index (χ3v) is 6.94.